The summed E-state index contributed by atoms with van der Waals surface area (Å²) in [4.78, 5) is 0. The fourth-order valence-corrected chi connectivity index (χ4v) is 6.31. The summed E-state index contributed by atoms with van der Waals surface area (Å²) >= 11 is 0. The van der Waals surface area contributed by atoms with Crippen molar-refractivity contribution in [1.29, 1.82) is 0 Å². The minimum atomic E-state index is -0.579. The topological polar surface area (TPSA) is 13.1 Å². The Balaban J connectivity index is 1.58. The highest BCUT2D eigenvalue weighted by atomic mass is 16.3. The maximum atomic E-state index is 9.63. The summed E-state index contributed by atoms with van der Waals surface area (Å²) in [6.07, 6.45) is 0. The van der Waals surface area contributed by atoms with Crippen LogP contribution in [0.25, 0.3) is 88.3 Å². The average Bonchev–Trinajstić information content (AvgIpc) is 3.63. The lowest BCUT2D eigenvalue weighted by atomic mass is 9.84. The van der Waals surface area contributed by atoms with Crippen LogP contribution in [0.15, 0.2) is 186 Å². The highest BCUT2D eigenvalue weighted by Crippen LogP contribution is 2.50. The molecular weight excluding hydrogens is 569 g/mol. The molecular formula is C46H30O. The van der Waals surface area contributed by atoms with Gasteiger partial charge in [0.15, 0.2) is 0 Å². The van der Waals surface area contributed by atoms with Crippen LogP contribution < -0.4 is 0 Å². The first kappa shape index (κ1) is 17.5. The Hall–Kier alpha value is -6.18. The van der Waals surface area contributed by atoms with Crippen LogP contribution in [0.3, 0.4) is 0 Å². The first-order valence-corrected chi connectivity index (χ1v) is 15.1. The molecule has 0 radical (unpaired) electrons. The van der Waals surface area contributed by atoms with Crippen LogP contribution in [0.2, 0.25) is 0 Å². The molecule has 0 bridgehead atoms. The number of hydrogen-bond donors (Lipinski definition) is 0. The summed E-state index contributed by atoms with van der Waals surface area (Å²) in [6, 6.07) is 26.4. The van der Waals surface area contributed by atoms with Crippen molar-refractivity contribution < 1.29 is 20.9 Å². The first-order valence-electron chi connectivity index (χ1n) is 21.1. The smallest absolute Gasteiger partial charge is 0.143 e. The fraction of sp³-hybridized carbons (Fsp3) is 0. The Morgan fingerprint density at radius 2 is 0.872 bits per heavy atom. The van der Waals surface area contributed by atoms with E-state index in [0.29, 0.717) is 16.5 Å². The Morgan fingerprint density at radius 1 is 0.362 bits per heavy atom. The molecule has 0 aliphatic heterocycles. The molecule has 220 valence electrons. The van der Waals surface area contributed by atoms with Crippen LogP contribution in [-0.4, -0.2) is 0 Å². The van der Waals surface area contributed by atoms with Crippen molar-refractivity contribution in [3.8, 4) is 55.8 Å². The molecule has 1 heteroatoms. The van der Waals surface area contributed by atoms with Crippen LogP contribution >= 0.6 is 0 Å². The van der Waals surface area contributed by atoms with Gasteiger partial charge in [0.2, 0.25) is 0 Å². The van der Waals surface area contributed by atoms with E-state index in [-0.39, 0.29) is 72.8 Å². The van der Waals surface area contributed by atoms with Crippen molar-refractivity contribution in [3.05, 3.63) is 182 Å². The van der Waals surface area contributed by atoms with E-state index < -0.39 is 60.4 Å². The number of benzene rings is 8. The average molecular weight is 611 g/mol. The van der Waals surface area contributed by atoms with E-state index in [0.717, 1.165) is 11.1 Å². The summed E-state index contributed by atoms with van der Waals surface area (Å²) in [5.74, 6) is -0.138. The molecule has 0 saturated heterocycles. The maximum Gasteiger partial charge on any atom is 0.143 e. The molecule has 0 fully saturated rings. The minimum Gasteiger partial charge on any atom is -0.455 e. The second kappa shape index (κ2) is 11.3. The van der Waals surface area contributed by atoms with E-state index in [4.69, 9.17) is 12.6 Å². The van der Waals surface area contributed by atoms with Gasteiger partial charge in [-0.1, -0.05) is 164 Å². The van der Waals surface area contributed by atoms with E-state index in [1.807, 2.05) is 36.4 Å². The van der Waals surface area contributed by atoms with Gasteiger partial charge in [-0.25, -0.2) is 0 Å². The molecule has 0 N–H and O–H groups in total. The molecule has 1 nitrogen and oxygen atoms in total. The van der Waals surface area contributed by atoms with Crippen LogP contribution in [0.5, 0.6) is 0 Å². The minimum absolute atomic E-state index is 0.000733. The third kappa shape index (κ3) is 4.64. The lowest BCUT2D eigenvalue weighted by molar-refractivity contribution is 0.632. The number of rotatable bonds is 5. The monoisotopic (exact) mass is 610 g/mol. The van der Waals surface area contributed by atoms with Gasteiger partial charge in [0.1, 0.15) is 11.3 Å². The Morgan fingerprint density at radius 3 is 1.47 bits per heavy atom. The predicted molar refractivity (Wildman–Crippen MR) is 198 cm³/mol. The molecule has 0 spiro atoms. The zero-order chi connectivity index (χ0) is 41.6. The lowest BCUT2D eigenvalue weighted by Crippen LogP contribution is -1.91. The van der Waals surface area contributed by atoms with Crippen molar-refractivity contribution in [2.75, 3.05) is 0 Å². The molecule has 0 saturated carbocycles. The van der Waals surface area contributed by atoms with E-state index in [1.165, 1.54) is 0 Å². The van der Waals surface area contributed by atoms with Crippen molar-refractivity contribution in [1.82, 2.24) is 0 Å². The lowest BCUT2D eigenvalue weighted by Gasteiger charge is -2.18. The Kier molecular flexibility index (Phi) is 4.21. The zero-order valence-corrected chi connectivity index (χ0v) is 24.8. The Bertz CT molecular complexity index is 3140. The zero-order valence-electron chi connectivity index (χ0n) is 36.8. The summed E-state index contributed by atoms with van der Waals surface area (Å²) < 4.78 is 117. The van der Waals surface area contributed by atoms with Crippen LogP contribution in [0.1, 0.15) is 16.4 Å². The summed E-state index contributed by atoms with van der Waals surface area (Å²) in [7, 11) is 0. The van der Waals surface area contributed by atoms with Gasteiger partial charge in [-0.3, -0.25) is 0 Å². The molecule has 0 unspecified atom stereocenters. The molecule has 47 heavy (non-hydrogen) atoms. The quantitative estimate of drug-likeness (QED) is 0.177. The van der Waals surface area contributed by atoms with E-state index >= 15 is 0 Å². The van der Waals surface area contributed by atoms with Gasteiger partial charge >= 0.3 is 0 Å². The highest BCUT2D eigenvalue weighted by Gasteiger charge is 2.24. The van der Waals surface area contributed by atoms with Crippen LogP contribution in [0, 0.1) is 0 Å². The molecule has 1 heterocycles. The molecule has 0 amide bonds. The third-order valence-corrected chi connectivity index (χ3v) is 8.40. The molecule has 0 aliphatic carbocycles. The molecule has 1 aromatic heterocycles. The number of hydrogen-bond acceptors (Lipinski definition) is 1. The first-order chi connectivity index (χ1) is 28.3. The Labute approximate surface area is 290 Å². The van der Waals surface area contributed by atoms with Crippen molar-refractivity contribution in [2.45, 2.75) is 0 Å². The second-order valence-corrected chi connectivity index (χ2v) is 11.1. The van der Waals surface area contributed by atoms with Gasteiger partial charge < -0.3 is 4.42 Å². The van der Waals surface area contributed by atoms with Gasteiger partial charge in [-0.2, -0.15) is 0 Å². The summed E-state index contributed by atoms with van der Waals surface area (Å²) in [5.41, 5.74) is 2.89. The van der Waals surface area contributed by atoms with Crippen LogP contribution in [-0.2, 0) is 0 Å². The molecule has 8 aromatic carbocycles. The second-order valence-electron chi connectivity index (χ2n) is 11.1. The number of furan rings is 1. The van der Waals surface area contributed by atoms with Crippen molar-refractivity contribution in [3.63, 3.8) is 0 Å². The van der Waals surface area contributed by atoms with E-state index in [9.17, 15) is 8.22 Å². The number of fused-ring (bicyclic) bond motifs is 3. The summed E-state index contributed by atoms with van der Waals surface area (Å²) in [6.45, 7) is 0. The molecule has 0 aliphatic rings. The van der Waals surface area contributed by atoms with E-state index in [1.54, 1.807) is 72.8 Å². The van der Waals surface area contributed by atoms with Crippen LogP contribution in [0.4, 0.5) is 0 Å². The highest BCUT2D eigenvalue weighted by molar-refractivity contribution is 6.25. The molecule has 0 atom stereocenters. The van der Waals surface area contributed by atoms with Gasteiger partial charge in [0, 0.05) is 22.1 Å². The van der Waals surface area contributed by atoms with Crippen molar-refractivity contribution in [2.24, 2.45) is 0 Å². The van der Waals surface area contributed by atoms with Gasteiger partial charge in [0.05, 0.1) is 16.4 Å². The predicted octanol–water partition coefficient (Wildman–Crippen LogP) is 13.1. The normalized spacial score (nSPS) is 15.0. The summed E-state index contributed by atoms with van der Waals surface area (Å²) in [5, 5.41) is 0.235. The molecule has 9 rings (SSSR count). The standard InChI is InChI=1S/C46H30O/c1-4-15-31(16-5-1)34-21-14-22-36(29-34)46-45(41-28-27-35(30-42(41)47-46)32-17-6-2-7-18-32)44-39-25-12-10-23-37(39)43(33-19-8-3-9-20-33)38-24-11-13-26-40(38)44/h1-30H/i10D,11D,12D,13D,14D,21D,22D,23D,24D,25D,26D,29D. The van der Waals surface area contributed by atoms with Crippen molar-refractivity contribution >= 4 is 32.5 Å². The fourth-order valence-electron chi connectivity index (χ4n) is 6.31. The molecule has 9 aromatic rings. The van der Waals surface area contributed by atoms with E-state index in [2.05, 4.69) is 0 Å². The van der Waals surface area contributed by atoms with Gasteiger partial charge in [0.25, 0.3) is 0 Å². The van der Waals surface area contributed by atoms with Gasteiger partial charge in [-0.05, 0) is 73.1 Å². The SMILES string of the molecule is [2H]c1c([2H])c(-c2ccccc2)c([2H])c(-c2oc3cc(-c4ccccc4)ccc3c2-c2c3c([2H])c([2H])c([2H])c([2H])c3c(-c3ccccc3)c3c([2H])c([2H])c([2H])c([2H])c23)c1[2H]. The third-order valence-electron chi connectivity index (χ3n) is 8.40. The largest absolute Gasteiger partial charge is 0.455 e. The van der Waals surface area contributed by atoms with Gasteiger partial charge in [-0.15, -0.1) is 0 Å². The maximum absolute atomic E-state index is 9.63.